The number of rotatable bonds is 2. The van der Waals surface area contributed by atoms with Gasteiger partial charge in [-0.3, -0.25) is 5.43 Å². The minimum atomic E-state index is -0.0234. The monoisotopic (exact) mass is 286 g/mol. The molecule has 0 saturated heterocycles. The summed E-state index contributed by atoms with van der Waals surface area (Å²) < 4.78 is 1.96. The van der Waals surface area contributed by atoms with Crippen molar-refractivity contribution >= 4 is 23.6 Å². The number of nitrogens with one attached hydrogen (secondary N) is 1. The average Bonchev–Trinajstić information content (AvgIpc) is 2.83. The van der Waals surface area contributed by atoms with Gasteiger partial charge in [0, 0.05) is 22.7 Å². The molecule has 0 unspecified atom stereocenters. The summed E-state index contributed by atoms with van der Waals surface area (Å²) in [7, 11) is 0. The van der Waals surface area contributed by atoms with E-state index in [9.17, 15) is 0 Å². The zero-order valence-corrected chi connectivity index (χ0v) is 11.8. The van der Waals surface area contributed by atoms with E-state index in [4.69, 9.17) is 16.7 Å². The molecule has 20 heavy (non-hydrogen) atoms. The number of fused-ring (bicyclic) bond motifs is 1. The third kappa shape index (κ3) is 1.61. The molecule has 0 atom stereocenters. The highest BCUT2D eigenvalue weighted by Crippen LogP contribution is 2.50. The number of nitrogens with zero attached hydrogens (tertiary/aromatic N) is 3. The number of anilines is 1. The van der Waals surface area contributed by atoms with Crippen LogP contribution in [-0.4, -0.2) is 16.0 Å². The molecule has 2 aliphatic rings. The van der Waals surface area contributed by atoms with Gasteiger partial charge in [0.15, 0.2) is 0 Å². The van der Waals surface area contributed by atoms with E-state index in [2.05, 4.69) is 28.7 Å². The van der Waals surface area contributed by atoms with Gasteiger partial charge in [-0.1, -0.05) is 36.2 Å². The summed E-state index contributed by atoms with van der Waals surface area (Å²) in [6, 6.07) is 10.2. The van der Waals surface area contributed by atoms with Gasteiger partial charge >= 0.3 is 0 Å². The van der Waals surface area contributed by atoms with Gasteiger partial charge in [-0.25, -0.2) is 4.68 Å². The lowest BCUT2D eigenvalue weighted by atomic mass is 9.62. The first-order valence-corrected chi connectivity index (χ1v) is 7.28. The Bertz CT molecular complexity index is 659. The Morgan fingerprint density at radius 2 is 2.10 bits per heavy atom. The molecular formula is C15H15ClN4. The second kappa shape index (κ2) is 4.35. The zero-order chi connectivity index (χ0) is 13.6. The topological polar surface area (TPSA) is 42.2 Å². The average molecular weight is 287 g/mol. The van der Waals surface area contributed by atoms with Crippen LogP contribution in [-0.2, 0) is 12.0 Å². The highest BCUT2D eigenvalue weighted by atomic mass is 35.5. The van der Waals surface area contributed by atoms with Crippen LogP contribution in [0.15, 0.2) is 35.4 Å². The van der Waals surface area contributed by atoms with Gasteiger partial charge in [0.1, 0.15) is 5.82 Å². The molecule has 1 saturated carbocycles. The number of aromatic nitrogens is 2. The molecule has 5 heteroatoms. The minimum Gasteiger partial charge on any atom is -0.262 e. The van der Waals surface area contributed by atoms with Crippen molar-refractivity contribution in [3.8, 4) is 0 Å². The summed E-state index contributed by atoms with van der Waals surface area (Å²) in [6.07, 6.45) is 5.26. The highest BCUT2D eigenvalue weighted by molar-refractivity contribution is 6.31. The standard InChI is InChI=1S/C15H15ClN4/c16-12-5-2-1-4-11(12)15(6-3-7-15)13-10-14-18-17-8-9-20(14)19-13/h1-2,4-5,8,10,18H,3,6-7,9H2. The van der Waals surface area contributed by atoms with Crippen molar-refractivity contribution in [2.24, 2.45) is 5.10 Å². The maximum Gasteiger partial charge on any atom is 0.145 e. The van der Waals surface area contributed by atoms with Crippen molar-refractivity contribution in [3.63, 3.8) is 0 Å². The lowest BCUT2D eigenvalue weighted by Crippen LogP contribution is -2.36. The molecule has 1 aliphatic carbocycles. The number of halogens is 1. The van der Waals surface area contributed by atoms with E-state index in [1.807, 2.05) is 23.0 Å². The molecule has 4 rings (SSSR count). The van der Waals surface area contributed by atoms with Gasteiger partial charge in [-0.05, 0) is 24.5 Å². The van der Waals surface area contributed by atoms with Crippen LogP contribution in [0.2, 0.25) is 5.02 Å². The molecule has 0 amide bonds. The van der Waals surface area contributed by atoms with E-state index < -0.39 is 0 Å². The lowest BCUT2D eigenvalue weighted by Gasteiger charge is -2.41. The molecule has 2 aromatic rings. The second-order valence-electron chi connectivity index (χ2n) is 5.44. The molecule has 2 heterocycles. The van der Waals surface area contributed by atoms with Gasteiger partial charge in [-0.2, -0.15) is 10.2 Å². The lowest BCUT2D eigenvalue weighted by molar-refractivity contribution is 0.291. The fourth-order valence-corrected chi connectivity index (χ4v) is 3.47. The molecule has 1 fully saturated rings. The Balaban J connectivity index is 1.82. The van der Waals surface area contributed by atoms with E-state index >= 15 is 0 Å². The first-order valence-electron chi connectivity index (χ1n) is 6.90. The molecule has 4 nitrogen and oxygen atoms in total. The molecule has 0 radical (unpaired) electrons. The van der Waals surface area contributed by atoms with Crippen LogP contribution in [0.4, 0.5) is 5.82 Å². The first-order chi connectivity index (χ1) is 9.79. The highest BCUT2D eigenvalue weighted by Gasteiger charge is 2.44. The summed E-state index contributed by atoms with van der Waals surface area (Å²) in [4.78, 5) is 0. The normalized spacial score (nSPS) is 19.1. The molecular weight excluding hydrogens is 272 g/mol. The second-order valence-corrected chi connectivity index (χ2v) is 5.84. The molecule has 1 N–H and O–H groups in total. The summed E-state index contributed by atoms with van der Waals surface area (Å²) >= 11 is 6.42. The van der Waals surface area contributed by atoms with Crippen LogP contribution in [0.25, 0.3) is 0 Å². The van der Waals surface area contributed by atoms with Crippen LogP contribution in [0, 0.1) is 0 Å². The summed E-state index contributed by atoms with van der Waals surface area (Å²) in [5.41, 5.74) is 5.28. The van der Waals surface area contributed by atoms with E-state index in [-0.39, 0.29) is 5.41 Å². The Hall–Kier alpha value is -1.81. The Morgan fingerprint density at radius 1 is 1.25 bits per heavy atom. The maximum atomic E-state index is 6.42. The van der Waals surface area contributed by atoms with Gasteiger partial charge in [0.05, 0.1) is 12.2 Å². The van der Waals surface area contributed by atoms with Crippen LogP contribution < -0.4 is 5.43 Å². The Kier molecular flexibility index (Phi) is 2.60. The third-order valence-electron chi connectivity index (χ3n) is 4.39. The summed E-state index contributed by atoms with van der Waals surface area (Å²) in [5.74, 6) is 0.959. The third-order valence-corrected chi connectivity index (χ3v) is 4.72. The number of hydrazone groups is 1. The molecule has 0 bridgehead atoms. The van der Waals surface area contributed by atoms with Crippen LogP contribution >= 0.6 is 11.6 Å². The SMILES string of the molecule is Clc1ccccc1C1(c2cc3n(n2)CC=NN3)CCC1. The van der Waals surface area contributed by atoms with Crippen molar-refractivity contribution < 1.29 is 0 Å². The van der Waals surface area contributed by atoms with Gasteiger partial charge in [0.2, 0.25) is 0 Å². The number of hydrogen-bond donors (Lipinski definition) is 1. The molecule has 102 valence electrons. The molecule has 1 aromatic carbocycles. The smallest absolute Gasteiger partial charge is 0.145 e. The minimum absolute atomic E-state index is 0.0234. The van der Waals surface area contributed by atoms with Crippen LogP contribution in [0.5, 0.6) is 0 Å². The quantitative estimate of drug-likeness (QED) is 0.919. The van der Waals surface area contributed by atoms with Crippen molar-refractivity contribution in [2.75, 3.05) is 5.43 Å². The number of benzene rings is 1. The largest absolute Gasteiger partial charge is 0.262 e. The van der Waals surface area contributed by atoms with E-state index in [0.717, 1.165) is 35.9 Å². The van der Waals surface area contributed by atoms with Crippen molar-refractivity contribution in [1.29, 1.82) is 0 Å². The maximum absolute atomic E-state index is 6.42. The van der Waals surface area contributed by atoms with Crippen LogP contribution in [0.1, 0.15) is 30.5 Å². The Labute approximate surface area is 122 Å². The molecule has 1 aliphatic heterocycles. The van der Waals surface area contributed by atoms with Crippen molar-refractivity contribution in [3.05, 3.63) is 46.6 Å². The fraction of sp³-hybridized carbons (Fsp3) is 0.333. The summed E-state index contributed by atoms with van der Waals surface area (Å²) in [6.45, 7) is 0.723. The van der Waals surface area contributed by atoms with Crippen molar-refractivity contribution in [1.82, 2.24) is 9.78 Å². The molecule has 1 aromatic heterocycles. The van der Waals surface area contributed by atoms with Gasteiger partial charge in [-0.15, -0.1) is 0 Å². The predicted molar refractivity (Wildman–Crippen MR) is 80.4 cm³/mol. The predicted octanol–water partition coefficient (Wildman–Crippen LogP) is 3.42. The van der Waals surface area contributed by atoms with Gasteiger partial charge in [0.25, 0.3) is 0 Å². The van der Waals surface area contributed by atoms with Crippen LogP contribution in [0.3, 0.4) is 0 Å². The zero-order valence-electron chi connectivity index (χ0n) is 11.0. The Morgan fingerprint density at radius 3 is 2.80 bits per heavy atom. The van der Waals surface area contributed by atoms with E-state index in [1.54, 1.807) is 0 Å². The van der Waals surface area contributed by atoms with E-state index in [0.29, 0.717) is 0 Å². The number of hydrogen-bond acceptors (Lipinski definition) is 3. The summed E-state index contributed by atoms with van der Waals surface area (Å²) in [5, 5.41) is 9.69. The molecule has 0 spiro atoms. The first kappa shape index (κ1) is 12.0. The fourth-order valence-electron chi connectivity index (χ4n) is 3.15. The van der Waals surface area contributed by atoms with E-state index in [1.165, 1.54) is 12.0 Å². The van der Waals surface area contributed by atoms with Gasteiger partial charge < -0.3 is 0 Å². The van der Waals surface area contributed by atoms with Crippen molar-refractivity contribution in [2.45, 2.75) is 31.2 Å².